The number of hydrogen-bond donors (Lipinski definition) is 1. The Morgan fingerprint density at radius 2 is 1.81 bits per heavy atom. The molecular formula is C13H22N2O. The maximum atomic E-state index is 12.3. The van der Waals surface area contributed by atoms with Crippen molar-refractivity contribution in [2.45, 2.75) is 57.0 Å². The van der Waals surface area contributed by atoms with Crippen LogP contribution in [0.2, 0.25) is 0 Å². The average molecular weight is 222 g/mol. The fraction of sp³-hybridized carbons (Fsp3) is 0.923. The van der Waals surface area contributed by atoms with Gasteiger partial charge < -0.3 is 10.2 Å². The first kappa shape index (κ1) is 10.6. The first-order valence-electron chi connectivity index (χ1n) is 6.89. The van der Waals surface area contributed by atoms with Crippen molar-refractivity contribution in [1.82, 2.24) is 10.2 Å². The molecule has 1 aliphatic carbocycles. The maximum absolute atomic E-state index is 12.3. The van der Waals surface area contributed by atoms with E-state index in [0.717, 1.165) is 25.4 Å². The summed E-state index contributed by atoms with van der Waals surface area (Å²) in [6.07, 6.45) is 8.83. The van der Waals surface area contributed by atoms with Crippen LogP contribution in [0.3, 0.4) is 0 Å². The molecule has 3 rings (SSSR count). The van der Waals surface area contributed by atoms with Gasteiger partial charge in [0.2, 0.25) is 5.91 Å². The molecule has 3 fully saturated rings. The Hall–Kier alpha value is -0.570. The van der Waals surface area contributed by atoms with Crippen LogP contribution in [0.1, 0.15) is 44.9 Å². The summed E-state index contributed by atoms with van der Waals surface area (Å²) in [4.78, 5) is 14.3. The first-order valence-corrected chi connectivity index (χ1v) is 6.89. The van der Waals surface area contributed by atoms with Gasteiger partial charge in [-0.2, -0.15) is 0 Å². The molecule has 2 aliphatic heterocycles. The Labute approximate surface area is 97.6 Å². The van der Waals surface area contributed by atoms with Gasteiger partial charge in [-0.15, -0.1) is 0 Å². The number of carbonyl (C=O) groups excluding carboxylic acids is 1. The lowest BCUT2D eigenvalue weighted by Crippen LogP contribution is -2.44. The Kier molecular flexibility index (Phi) is 2.88. The summed E-state index contributed by atoms with van der Waals surface area (Å²) in [5, 5.41) is 3.58. The topological polar surface area (TPSA) is 32.3 Å². The molecule has 2 unspecified atom stereocenters. The molecule has 90 valence electrons. The van der Waals surface area contributed by atoms with E-state index >= 15 is 0 Å². The molecule has 1 saturated carbocycles. The number of fused-ring (bicyclic) bond motifs is 1. The second-order valence-corrected chi connectivity index (χ2v) is 5.64. The van der Waals surface area contributed by atoms with Crippen molar-refractivity contribution in [1.29, 1.82) is 0 Å². The predicted molar refractivity (Wildman–Crippen MR) is 63.1 cm³/mol. The minimum absolute atomic E-state index is 0.145. The van der Waals surface area contributed by atoms with Crippen LogP contribution < -0.4 is 5.32 Å². The third kappa shape index (κ3) is 1.86. The van der Waals surface area contributed by atoms with Crippen LogP contribution in [0.25, 0.3) is 0 Å². The third-order valence-corrected chi connectivity index (χ3v) is 4.58. The Morgan fingerprint density at radius 1 is 1.06 bits per heavy atom. The molecule has 3 nitrogen and oxygen atoms in total. The van der Waals surface area contributed by atoms with Gasteiger partial charge in [0.15, 0.2) is 0 Å². The van der Waals surface area contributed by atoms with Crippen LogP contribution in [0, 0.1) is 5.92 Å². The van der Waals surface area contributed by atoms with Gasteiger partial charge in [-0.3, -0.25) is 4.79 Å². The van der Waals surface area contributed by atoms with E-state index in [0.29, 0.717) is 11.9 Å². The van der Waals surface area contributed by atoms with E-state index in [1.54, 1.807) is 0 Å². The maximum Gasteiger partial charge on any atom is 0.239 e. The Morgan fingerprint density at radius 3 is 2.56 bits per heavy atom. The van der Waals surface area contributed by atoms with Crippen molar-refractivity contribution in [2.24, 2.45) is 5.92 Å². The van der Waals surface area contributed by atoms with Crippen molar-refractivity contribution in [2.75, 3.05) is 13.1 Å². The molecule has 2 saturated heterocycles. The van der Waals surface area contributed by atoms with Gasteiger partial charge in [-0.1, -0.05) is 12.8 Å². The molecule has 0 aromatic heterocycles. The molecule has 3 atom stereocenters. The van der Waals surface area contributed by atoms with Gasteiger partial charge in [0.05, 0.1) is 6.04 Å². The number of likely N-dealkylation sites (tertiary alicyclic amines) is 1. The molecule has 0 aromatic carbocycles. The fourth-order valence-corrected chi connectivity index (χ4v) is 3.67. The minimum Gasteiger partial charge on any atom is -0.341 e. The molecule has 16 heavy (non-hydrogen) atoms. The summed E-state index contributed by atoms with van der Waals surface area (Å²) in [6.45, 7) is 1.98. The highest BCUT2D eigenvalue weighted by atomic mass is 16.2. The van der Waals surface area contributed by atoms with Crippen LogP contribution in [-0.2, 0) is 4.79 Å². The van der Waals surface area contributed by atoms with Crippen molar-refractivity contribution in [3.63, 3.8) is 0 Å². The largest absolute Gasteiger partial charge is 0.341 e. The zero-order valence-corrected chi connectivity index (χ0v) is 9.95. The highest BCUT2D eigenvalue weighted by Crippen LogP contribution is 2.33. The van der Waals surface area contributed by atoms with Gasteiger partial charge >= 0.3 is 0 Å². The van der Waals surface area contributed by atoms with Crippen LogP contribution >= 0.6 is 0 Å². The first-order chi connectivity index (χ1) is 7.84. The number of nitrogens with zero attached hydrogens (tertiary/aromatic N) is 1. The van der Waals surface area contributed by atoms with E-state index in [9.17, 15) is 4.79 Å². The quantitative estimate of drug-likeness (QED) is 0.729. The van der Waals surface area contributed by atoms with E-state index in [2.05, 4.69) is 10.2 Å². The molecule has 3 aliphatic rings. The standard InChI is InChI=1S/C13H22N2O/c16-13(15-7-3-4-8-15)12-9-10-5-1-2-6-11(10)14-12/h10-12,14H,1-9H2/t10?,11?,12-/m0/s1. The Bertz CT molecular complexity index is 259. The van der Waals surface area contributed by atoms with E-state index in [-0.39, 0.29) is 6.04 Å². The summed E-state index contributed by atoms with van der Waals surface area (Å²) in [6, 6.07) is 0.788. The highest BCUT2D eigenvalue weighted by Gasteiger charge is 2.39. The van der Waals surface area contributed by atoms with Gasteiger partial charge in [-0.05, 0) is 38.0 Å². The molecule has 3 heteroatoms. The van der Waals surface area contributed by atoms with E-state index in [1.165, 1.54) is 38.5 Å². The van der Waals surface area contributed by atoms with Gasteiger partial charge in [0.25, 0.3) is 0 Å². The van der Waals surface area contributed by atoms with Crippen molar-refractivity contribution < 1.29 is 4.79 Å². The molecule has 1 N–H and O–H groups in total. The second kappa shape index (κ2) is 4.36. The van der Waals surface area contributed by atoms with Crippen LogP contribution in [0.5, 0.6) is 0 Å². The molecule has 0 aromatic rings. The smallest absolute Gasteiger partial charge is 0.239 e. The van der Waals surface area contributed by atoms with E-state index in [4.69, 9.17) is 0 Å². The summed E-state index contributed by atoms with van der Waals surface area (Å²) < 4.78 is 0. The minimum atomic E-state index is 0.145. The van der Waals surface area contributed by atoms with Crippen LogP contribution in [-0.4, -0.2) is 36.0 Å². The van der Waals surface area contributed by atoms with Gasteiger partial charge in [0, 0.05) is 19.1 Å². The van der Waals surface area contributed by atoms with E-state index < -0.39 is 0 Å². The van der Waals surface area contributed by atoms with Crippen molar-refractivity contribution >= 4 is 5.91 Å². The van der Waals surface area contributed by atoms with Gasteiger partial charge in [0.1, 0.15) is 0 Å². The van der Waals surface area contributed by atoms with E-state index in [1.807, 2.05) is 0 Å². The summed E-state index contributed by atoms with van der Waals surface area (Å²) in [5.74, 6) is 1.16. The van der Waals surface area contributed by atoms with Crippen molar-refractivity contribution in [3.8, 4) is 0 Å². The zero-order valence-electron chi connectivity index (χ0n) is 9.95. The number of nitrogens with one attached hydrogen (secondary N) is 1. The molecule has 2 heterocycles. The Balaban J connectivity index is 1.61. The molecule has 0 radical (unpaired) electrons. The summed E-state index contributed by atoms with van der Waals surface area (Å²) in [7, 11) is 0. The lowest BCUT2D eigenvalue weighted by atomic mass is 9.85. The normalized spacial score (nSPS) is 38.8. The number of hydrogen-bond acceptors (Lipinski definition) is 2. The average Bonchev–Trinajstić information content (AvgIpc) is 2.97. The van der Waals surface area contributed by atoms with Crippen LogP contribution in [0.4, 0.5) is 0 Å². The lowest BCUT2D eigenvalue weighted by Gasteiger charge is -2.24. The van der Waals surface area contributed by atoms with Crippen molar-refractivity contribution in [3.05, 3.63) is 0 Å². The van der Waals surface area contributed by atoms with Gasteiger partial charge in [-0.25, -0.2) is 0 Å². The van der Waals surface area contributed by atoms with Crippen LogP contribution in [0.15, 0.2) is 0 Å². The number of rotatable bonds is 1. The highest BCUT2D eigenvalue weighted by molar-refractivity contribution is 5.82. The fourth-order valence-electron chi connectivity index (χ4n) is 3.67. The lowest BCUT2D eigenvalue weighted by molar-refractivity contribution is -0.132. The molecule has 1 amide bonds. The second-order valence-electron chi connectivity index (χ2n) is 5.64. The summed E-state index contributed by atoms with van der Waals surface area (Å²) >= 11 is 0. The molecule has 0 spiro atoms. The monoisotopic (exact) mass is 222 g/mol. The zero-order chi connectivity index (χ0) is 11.0. The molecular weight excluding hydrogens is 200 g/mol. The summed E-state index contributed by atoms with van der Waals surface area (Å²) in [5.41, 5.74) is 0. The SMILES string of the molecule is O=C([C@@H]1CC2CCCCC2N1)N1CCCC1. The third-order valence-electron chi connectivity index (χ3n) is 4.58. The molecule has 0 bridgehead atoms. The predicted octanol–water partition coefficient (Wildman–Crippen LogP) is 1.53. The number of carbonyl (C=O) groups is 1. The number of amides is 1.